The molecule has 3 N–H and O–H groups in total. The molecule has 2 aromatic carbocycles. The minimum absolute atomic E-state index is 0.0789. The van der Waals surface area contributed by atoms with Gasteiger partial charge in [0.2, 0.25) is 0 Å². The molecule has 1 fully saturated rings. The Hall–Kier alpha value is -2.58. The third-order valence-electron chi connectivity index (χ3n) is 5.72. The maximum Gasteiger partial charge on any atom is 0.326 e. The van der Waals surface area contributed by atoms with Gasteiger partial charge in [0.05, 0.1) is 29.2 Å². The zero-order valence-corrected chi connectivity index (χ0v) is 18.3. The number of ether oxygens (including phenoxy) is 1. The number of carbonyl (C=O) groups excluding carboxylic acids is 1. The van der Waals surface area contributed by atoms with Crippen molar-refractivity contribution in [3.05, 3.63) is 57.5 Å². The molecule has 2 heterocycles. The van der Waals surface area contributed by atoms with Crippen molar-refractivity contribution in [3.8, 4) is 5.75 Å². The molecule has 1 aliphatic rings. The normalized spacial score (nSPS) is 19.2. The Labute approximate surface area is 183 Å². The van der Waals surface area contributed by atoms with Gasteiger partial charge >= 0.3 is 11.7 Å². The second kappa shape index (κ2) is 8.28. The summed E-state index contributed by atoms with van der Waals surface area (Å²) in [5, 5.41) is 0.468. The fourth-order valence-corrected chi connectivity index (χ4v) is 5.15. The zero-order valence-electron chi connectivity index (χ0n) is 16.7. The van der Waals surface area contributed by atoms with Crippen molar-refractivity contribution < 1.29 is 9.53 Å². The number of para-hydroxylation sites is 1. The van der Waals surface area contributed by atoms with E-state index in [2.05, 4.69) is 4.98 Å². The zero-order chi connectivity index (χ0) is 21.4. The molecule has 158 valence electrons. The van der Waals surface area contributed by atoms with Crippen LogP contribution in [0.5, 0.6) is 5.75 Å². The van der Waals surface area contributed by atoms with Gasteiger partial charge in [0, 0.05) is 17.5 Å². The highest BCUT2D eigenvalue weighted by molar-refractivity contribution is 7.98. The van der Waals surface area contributed by atoms with E-state index in [-0.39, 0.29) is 17.8 Å². The number of imidazole rings is 1. The van der Waals surface area contributed by atoms with Crippen LogP contribution < -0.4 is 16.2 Å². The Bertz CT molecular complexity index is 1160. The van der Waals surface area contributed by atoms with E-state index in [1.165, 1.54) is 0 Å². The van der Waals surface area contributed by atoms with Crippen LogP contribution in [0.3, 0.4) is 0 Å². The van der Waals surface area contributed by atoms with Crippen LogP contribution in [0.4, 0.5) is 4.79 Å². The van der Waals surface area contributed by atoms with Crippen molar-refractivity contribution in [1.82, 2.24) is 14.5 Å². The molecule has 0 radical (unpaired) electrons. The highest BCUT2D eigenvalue weighted by Gasteiger charge is 2.34. The SMILES string of the molecule is COc1ccc(C2CC(n3c(=O)[nH]c4c(SC)cccc43)CCN2C(N)=O)cc1Cl. The van der Waals surface area contributed by atoms with Crippen LogP contribution in [0.15, 0.2) is 46.1 Å². The van der Waals surface area contributed by atoms with Crippen LogP contribution >= 0.6 is 23.4 Å². The van der Waals surface area contributed by atoms with E-state index >= 15 is 0 Å². The molecule has 2 atom stereocenters. The molecule has 0 spiro atoms. The quantitative estimate of drug-likeness (QED) is 0.588. The van der Waals surface area contributed by atoms with Gasteiger partial charge in [0.15, 0.2) is 0 Å². The van der Waals surface area contributed by atoms with Crippen molar-refractivity contribution in [2.45, 2.75) is 29.8 Å². The Morgan fingerprint density at radius 2 is 2.13 bits per heavy atom. The molecular formula is C21H23ClN4O3S. The number of piperidine rings is 1. The standard InChI is InChI=1S/C21H23ClN4O3S/c1-29-17-7-6-12(10-14(17)22)16-11-13(8-9-25(16)20(23)27)26-15-4-3-5-18(30-2)19(15)24-21(26)28/h3-7,10,13,16H,8-9,11H2,1-2H3,(H2,23,27)(H,24,28). The summed E-state index contributed by atoms with van der Waals surface area (Å²) >= 11 is 7.92. The molecule has 0 saturated carbocycles. The predicted octanol–water partition coefficient (Wildman–Crippen LogP) is 4.17. The number of amides is 2. The van der Waals surface area contributed by atoms with Crippen LogP contribution in [0.25, 0.3) is 11.0 Å². The van der Waals surface area contributed by atoms with Gasteiger partial charge in [-0.1, -0.05) is 23.7 Å². The lowest BCUT2D eigenvalue weighted by Gasteiger charge is -2.39. The van der Waals surface area contributed by atoms with Gasteiger partial charge in [-0.25, -0.2) is 9.59 Å². The van der Waals surface area contributed by atoms with Gasteiger partial charge in [-0.15, -0.1) is 11.8 Å². The van der Waals surface area contributed by atoms with Crippen molar-refractivity contribution >= 4 is 40.4 Å². The number of aromatic amines is 1. The molecule has 4 rings (SSSR count). The summed E-state index contributed by atoms with van der Waals surface area (Å²) in [6.45, 7) is 0.454. The number of fused-ring (bicyclic) bond motifs is 1. The highest BCUT2D eigenvalue weighted by atomic mass is 35.5. The summed E-state index contributed by atoms with van der Waals surface area (Å²) in [4.78, 5) is 30.6. The third kappa shape index (κ3) is 3.54. The van der Waals surface area contributed by atoms with E-state index < -0.39 is 6.03 Å². The summed E-state index contributed by atoms with van der Waals surface area (Å²) in [5.41, 5.74) is 8.10. The minimum atomic E-state index is -0.485. The van der Waals surface area contributed by atoms with Gasteiger partial charge in [-0.3, -0.25) is 4.57 Å². The van der Waals surface area contributed by atoms with Gasteiger partial charge < -0.3 is 20.4 Å². The highest BCUT2D eigenvalue weighted by Crippen LogP contribution is 2.39. The van der Waals surface area contributed by atoms with Crippen LogP contribution in [0, 0.1) is 0 Å². The van der Waals surface area contributed by atoms with Crippen molar-refractivity contribution in [1.29, 1.82) is 0 Å². The lowest BCUT2D eigenvalue weighted by molar-refractivity contribution is 0.136. The molecule has 1 aliphatic heterocycles. The number of hydrogen-bond donors (Lipinski definition) is 2. The van der Waals surface area contributed by atoms with E-state index in [9.17, 15) is 9.59 Å². The van der Waals surface area contributed by atoms with E-state index in [1.807, 2.05) is 35.1 Å². The van der Waals surface area contributed by atoms with Crippen molar-refractivity contribution in [2.75, 3.05) is 19.9 Å². The van der Waals surface area contributed by atoms with Crippen LogP contribution in [-0.2, 0) is 0 Å². The van der Waals surface area contributed by atoms with E-state index in [4.69, 9.17) is 22.1 Å². The number of halogens is 1. The first-order valence-electron chi connectivity index (χ1n) is 9.61. The number of nitrogens with two attached hydrogens (primary N) is 1. The van der Waals surface area contributed by atoms with Crippen LogP contribution in [0.2, 0.25) is 5.02 Å². The average Bonchev–Trinajstić information content (AvgIpc) is 3.08. The first-order chi connectivity index (χ1) is 14.4. The maximum absolute atomic E-state index is 12.9. The molecule has 0 aliphatic carbocycles. The van der Waals surface area contributed by atoms with E-state index in [1.54, 1.807) is 35.9 Å². The first-order valence-corrected chi connectivity index (χ1v) is 11.2. The number of methoxy groups -OCH3 is 1. The first kappa shape index (κ1) is 20.7. The number of primary amides is 1. The topological polar surface area (TPSA) is 93.3 Å². The van der Waals surface area contributed by atoms with E-state index in [0.717, 1.165) is 21.5 Å². The minimum Gasteiger partial charge on any atom is -0.495 e. The molecule has 2 amide bonds. The van der Waals surface area contributed by atoms with Crippen LogP contribution in [-0.4, -0.2) is 40.4 Å². The molecule has 0 bridgehead atoms. The number of carbonyl (C=O) groups is 1. The molecule has 9 heteroatoms. The lowest BCUT2D eigenvalue weighted by atomic mass is 9.91. The lowest BCUT2D eigenvalue weighted by Crippen LogP contribution is -2.45. The molecule has 2 unspecified atom stereocenters. The Balaban J connectivity index is 1.75. The number of aromatic nitrogens is 2. The Morgan fingerprint density at radius 3 is 2.80 bits per heavy atom. The fraction of sp³-hybridized carbons (Fsp3) is 0.333. The monoisotopic (exact) mass is 446 g/mol. The summed E-state index contributed by atoms with van der Waals surface area (Å²) in [7, 11) is 1.56. The van der Waals surface area contributed by atoms with Gasteiger partial charge in [0.1, 0.15) is 5.75 Å². The second-order valence-electron chi connectivity index (χ2n) is 7.27. The predicted molar refractivity (Wildman–Crippen MR) is 120 cm³/mol. The number of likely N-dealkylation sites (tertiary alicyclic amines) is 1. The largest absolute Gasteiger partial charge is 0.495 e. The van der Waals surface area contributed by atoms with Gasteiger partial charge in [-0.2, -0.15) is 0 Å². The summed E-state index contributed by atoms with van der Waals surface area (Å²) in [6.07, 6.45) is 3.18. The molecule has 7 nitrogen and oxygen atoms in total. The van der Waals surface area contributed by atoms with Crippen LogP contribution in [0.1, 0.15) is 30.5 Å². The Morgan fingerprint density at radius 1 is 1.33 bits per heavy atom. The average molecular weight is 447 g/mol. The number of rotatable bonds is 4. The number of hydrogen-bond acceptors (Lipinski definition) is 4. The smallest absolute Gasteiger partial charge is 0.326 e. The molecular weight excluding hydrogens is 424 g/mol. The number of nitrogens with one attached hydrogen (secondary N) is 1. The second-order valence-corrected chi connectivity index (χ2v) is 8.53. The molecule has 1 aromatic heterocycles. The fourth-order valence-electron chi connectivity index (χ4n) is 4.31. The summed E-state index contributed by atoms with van der Waals surface area (Å²) < 4.78 is 7.05. The molecule has 30 heavy (non-hydrogen) atoms. The molecule has 1 saturated heterocycles. The Kier molecular flexibility index (Phi) is 5.71. The van der Waals surface area contributed by atoms with E-state index in [0.29, 0.717) is 30.2 Å². The molecule has 3 aromatic rings. The number of H-pyrrole nitrogens is 1. The summed E-state index contributed by atoms with van der Waals surface area (Å²) in [5.74, 6) is 0.566. The number of nitrogens with zero attached hydrogens (tertiary/aromatic N) is 2. The summed E-state index contributed by atoms with van der Waals surface area (Å²) in [6, 6.07) is 10.5. The third-order valence-corrected chi connectivity index (χ3v) is 6.79. The van der Waals surface area contributed by atoms with Crippen molar-refractivity contribution in [2.24, 2.45) is 5.73 Å². The maximum atomic E-state index is 12.9. The van der Waals surface area contributed by atoms with Crippen molar-refractivity contribution in [3.63, 3.8) is 0 Å². The number of benzene rings is 2. The number of thioether (sulfide) groups is 1. The van der Waals surface area contributed by atoms with Gasteiger partial charge in [0.25, 0.3) is 0 Å². The van der Waals surface area contributed by atoms with Gasteiger partial charge in [-0.05, 0) is 48.9 Å². The number of urea groups is 1.